The number of anilines is 1. The predicted molar refractivity (Wildman–Crippen MR) is 142 cm³/mol. The van der Waals surface area contributed by atoms with Gasteiger partial charge in [-0.05, 0) is 19.1 Å². The van der Waals surface area contributed by atoms with E-state index in [1.165, 1.54) is 6.07 Å². The lowest BCUT2D eigenvalue weighted by atomic mass is 10.1. The minimum absolute atomic E-state index is 0.0567. The first kappa shape index (κ1) is 27.4. The van der Waals surface area contributed by atoms with Crippen LogP contribution < -0.4 is 9.62 Å². The van der Waals surface area contributed by atoms with Crippen LogP contribution in [0.2, 0.25) is 0 Å². The Bertz CT molecular complexity index is 1570. The summed E-state index contributed by atoms with van der Waals surface area (Å²) in [4.78, 5) is 19.7. The molecule has 208 valence electrons. The lowest BCUT2D eigenvalue weighted by Crippen LogP contribution is -2.50. The normalized spacial score (nSPS) is 17.3. The maximum Gasteiger partial charge on any atom is 0.299 e. The lowest BCUT2D eigenvalue weighted by Gasteiger charge is -2.37. The Labute approximate surface area is 228 Å². The standard InChI is InChI=1S/C24H28F2N8O3S2/c1-5-34-19-16(18(30-34)21-28-29-22(38-21)20(25)26)12-15(39(36,37)31-24(27-4)6-7-24)13-17(19)32-8-10-33(11-9-32)23(35)14(2)3/h12-14,20,31H,5-11H2,1-3H3. The van der Waals surface area contributed by atoms with Gasteiger partial charge in [-0.15, -0.1) is 14.9 Å². The van der Waals surface area contributed by atoms with Crippen molar-refractivity contribution in [1.29, 1.82) is 0 Å². The summed E-state index contributed by atoms with van der Waals surface area (Å²) < 4.78 is 57.8. The topological polar surface area (TPSA) is 118 Å². The first-order chi connectivity index (χ1) is 18.5. The van der Waals surface area contributed by atoms with Crippen LogP contribution >= 0.6 is 11.3 Å². The first-order valence-corrected chi connectivity index (χ1v) is 14.9. The number of nitrogens with one attached hydrogen (secondary N) is 1. The fourth-order valence-corrected chi connectivity index (χ4v) is 6.77. The number of sulfonamides is 1. The number of aryl methyl sites for hydroxylation is 1. The molecule has 0 atom stereocenters. The van der Waals surface area contributed by atoms with E-state index in [1.807, 2.05) is 25.7 Å². The van der Waals surface area contributed by atoms with Gasteiger partial charge in [0, 0.05) is 44.0 Å². The van der Waals surface area contributed by atoms with Crippen molar-refractivity contribution in [2.24, 2.45) is 5.92 Å². The number of carbonyl (C=O) groups excluding carboxylic acids is 1. The Morgan fingerprint density at radius 1 is 1.21 bits per heavy atom. The summed E-state index contributed by atoms with van der Waals surface area (Å²) in [6.07, 6.45) is -1.94. The van der Waals surface area contributed by atoms with Crippen molar-refractivity contribution in [2.45, 2.75) is 57.1 Å². The van der Waals surface area contributed by atoms with Crippen LogP contribution in [0.5, 0.6) is 0 Å². The van der Waals surface area contributed by atoms with Crippen molar-refractivity contribution in [1.82, 2.24) is 29.6 Å². The summed E-state index contributed by atoms with van der Waals surface area (Å²) in [5.41, 5.74) is 0.347. The number of fused-ring (bicyclic) bond motifs is 1. The summed E-state index contributed by atoms with van der Waals surface area (Å²) >= 11 is 0.707. The van der Waals surface area contributed by atoms with Crippen molar-refractivity contribution >= 4 is 43.9 Å². The minimum atomic E-state index is -4.10. The lowest BCUT2D eigenvalue weighted by molar-refractivity contribution is -0.134. The average molecular weight is 579 g/mol. The molecule has 2 aromatic heterocycles. The molecule has 0 radical (unpaired) electrons. The molecule has 39 heavy (non-hydrogen) atoms. The third kappa shape index (κ3) is 5.08. The van der Waals surface area contributed by atoms with E-state index < -0.39 is 27.1 Å². The molecule has 0 spiro atoms. The van der Waals surface area contributed by atoms with Gasteiger partial charge in [0.1, 0.15) is 5.69 Å². The molecule has 15 heteroatoms. The van der Waals surface area contributed by atoms with Crippen LogP contribution in [0.3, 0.4) is 0 Å². The number of hydrogen-bond acceptors (Lipinski definition) is 8. The van der Waals surface area contributed by atoms with Gasteiger partial charge in [0.2, 0.25) is 15.9 Å². The highest BCUT2D eigenvalue weighted by atomic mass is 32.2. The van der Waals surface area contributed by atoms with E-state index in [0.717, 1.165) is 0 Å². The largest absolute Gasteiger partial charge is 0.366 e. The van der Waals surface area contributed by atoms with Crippen molar-refractivity contribution < 1.29 is 22.0 Å². The molecule has 0 bridgehead atoms. The van der Waals surface area contributed by atoms with E-state index in [1.54, 1.807) is 15.6 Å². The summed E-state index contributed by atoms with van der Waals surface area (Å²) in [5, 5.41) is 12.3. The highest BCUT2D eigenvalue weighted by Gasteiger charge is 2.54. The zero-order valence-corrected chi connectivity index (χ0v) is 23.3. The summed E-state index contributed by atoms with van der Waals surface area (Å²) in [5.74, 6) is -0.0738. The number of piperazine rings is 1. The third-order valence-corrected chi connectivity index (χ3v) is 9.37. The van der Waals surface area contributed by atoms with Crippen LogP contribution in [0.15, 0.2) is 17.0 Å². The van der Waals surface area contributed by atoms with E-state index >= 15 is 0 Å². The number of hydrogen-bond donors (Lipinski definition) is 1. The van der Waals surface area contributed by atoms with Gasteiger partial charge in [-0.2, -0.15) is 5.10 Å². The molecule has 11 nitrogen and oxygen atoms in total. The van der Waals surface area contributed by atoms with Gasteiger partial charge in [-0.25, -0.2) is 23.8 Å². The Morgan fingerprint density at radius 2 is 1.90 bits per heavy atom. The molecule has 1 aromatic carbocycles. The maximum atomic E-state index is 13.5. The molecule has 5 rings (SSSR count). The van der Waals surface area contributed by atoms with Crippen LogP contribution in [0.1, 0.15) is 45.0 Å². The third-order valence-electron chi connectivity index (χ3n) is 6.92. The van der Waals surface area contributed by atoms with Gasteiger partial charge in [0.05, 0.1) is 28.9 Å². The smallest absolute Gasteiger partial charge is 0.299 e. The number of aromatic nitrogens is 4. The second-order valence-electron chi connectivity index (χ2n) is 9.97. The van der Waals surface area contributed by atoms with Crippen molar-refractivity contribution in [3.63, 3.8) is 0 Å². The monoisotopic (exact) mass is 578 g/mol. The van der Waals surface area contributed by atoms with Gasteiger partial charge in [-0.1, -0.05) is 25.2 Å². The van der Waals surface area contributed by atoms with Crippen molar-refractivity contribution in [3.05, 3.63) is 28.6 Å². The van der Waals surface area contributed by atoms with Crippen LogP contribution in [-0.2, 0) is 21.4 Å². The first-order valence-electron chi connectivity index (χ1n) is 12.6. The molecule has 1 aliphatic carbocycles. The van der Waals surface area contributed by atoms with Crippen LogP contribution in [0.4, 0.5) is 14.5 Å². The second-order valence-corrected chi connectivity index (χ2v) is 12.7. The Morgan fingerprint density at radius 3 is 2.44 bits per heavy atom. The number of amides is 1. The van der Waals surface area contributed by atoms with Crippen LogP contribution in [0.25, 0.3) is 26.4 Å². The molecule has 3 heterocycles. The molecule has 1 aliphatic heterocycles. The molecular formula is C24H28F2N8O3S2. The number of alkyl halides is 2. The minimum Gasteiger partial charge on any atom is -0.366 e. The molecule has 1 amide bonds. The average Bonchev–Trinajstić information content (AvgIpc) is 3.33. The molecule has 0 unspecified atom stereocenters. The molecule has 3 aromatic rings. The number of rotatable bonds is 8. The quantitative estimate of drug-likeness (QED) is 0.407. The van der Waals surface area contributed by atoms with Crippen molar-refractivity contribution in [3.8, 4) is 10.7 Å². The number of nitrogens with zero attached hydrogens (tertiary/aromatic N) is 7. The van der Waals surface area contributed by atoms with Gasteiger partial charge in [-0.3, -0.25) is 14.3 Å². The number of halogens is 2. The maximum absolute atomic E-state index is 13.5. The zero-order valence-electron chi connectivity index (χ0n) is 21.7. The number of benzene rings is 1. The highest BCUT2D eigenvalue weighted by molar-refractivity contribution is 7.89. The number of carbonyl (C=O) groups is 1. The molecule has 1 saturated heterocycles. The fraction of sp³-hybridized carbons (Fsp3) is 0.542. The summed E-state index contributed by atoms with van der Waals surface area (Å²) in [6.45, 7) is 15.3. The summed E-state index contributed by atoms with van der Waals surface area (Å²) in [6, 6.07) is 3.02. The highest BCUT2D eigenvalue weighted by Crippen LogP contribution is 2.41. The zero-order chi connectivity index (χ0) is 28.1. The van der Waals surface area contributed by atoms with Gasteiger partial charge < -0.3 is 9.80 Å². The van der Waals surface area contributed by atoms with E-state index in [9.17, 15) is 22.0 Å². The Balaban J connectivity index is 1.64. The van der Waals surface area contributed by atoms with Gasteiger partial charge >= 0.3 is 0 Å². The Hall–Kier alpha value is -3.22. The second kappa shape index (κ2) is 10.1. The Kier molecular flexibility index (Phi) is 7.06. The fourth-order valence-electron chi connectivity index (χ4n) is 4.67. The van der Waals surface area contributed by atoms with Crippen LogP contribution in [-0.4, -0.2) is 71.0 Å². The molecular weight excluding hydrogens is 550 g/mol. The molecule has 1 N–H and O–H groups in total. The summed E-state index contributed by atoms with van der Waals surface area (Å²) in [7, 11) is -4.10. The van der Waals surface area contributed by atoms with Gasteiger partial charge in [0.15, 0.2) is 10.0 Å². The van der Waals surface area contributed by atoms with Gasteiger partial charge in [0.25, 0.3) is 12.1 Å². The van der Waals surface area contributed by atoms with E-state index in [4.69, 9.17) is 6.57 Å². The molecule has 2 aliphatic rings. The molecule has 2 fully saturated rings. The molecule has 1 saturated carbocycles. The SMILES string of the molecule is [C-]#[N+]C1(NS(=O)(=O)c2cc(N3CCN(C(=O)C(C)C)CC3)c3c(c2)c(-c2nnc(C(F)F)s2)nn3CC)CC1. The van der Waals surface area contributed by atoms with E-state index in [-0.39, 0.29) is 27.4 Å². The van der Waals surface area contributed by atoms with E-state index in [0.29, 0.717) is 73.5 Å². The van der Waals surface area contributed by atoms with Crippen LogP contribution in [0, 0.1) is 12.5 Å². The van der Waals surface area contributed by atoms with E-state index in [2.05, 4.69) is 24.9 Å². The van der Waals surface area contributed by atoms with Crippen molar-refractivity contribution in [2.75, 3.05) is 31.1 Å². The predicted octanol–water partition coefficient (Wildman–Crippen LogP) is 3.50.